The summed E-state index contributed by atoms with van der Waals surface area (Å²) in [7, 11) is 0. The van der Waals surface area contributed by atoms with Crippen LogP contribution in [0.5, 0.6) is 0 Å². The number of rotatable bonds is 1. The molecule has 0 bridgehead atoms. The average molecular weight is 173 g/mol. The molecule has 2 rings (SSSR count). The first-order chi connectivity index (χ1) is 6.37. The summed E-state index contributed by atoms with van der Waals surface area (Å²) < 4.78 is 0. The van der Waals surface area contributed by atoms with Crippen molar-refractivity contribution in [1.29, 1.82) is 5.26 Å². The highest BCUT2D eigenvalue weighted by atomic mass is 15.0. The highest BCUT2D eigenvalue weighted by Gasteiger charge is 2.36. The largest absolute Gasteiger partial charge is 0.294 e. The molecule has 13 heavy (non-hydrogen) atoms. The Morgan fingerprint density at radius 1 is 1.54 bits per heavy atom. The molecule has 2 heterocycles. The average Bonchev–Trinajstić information content (AvgIpc) is 2.69. The number of aromatic nitrogens is 1. The fourth-order valence-electron chi connectivity index (χ4n) is 1.73. The molecule has 3 heteroatoms. The van der Waals surface area contributed by atoms with E-state index in [4.69, 9.17) is 5.26 Å². The summed E-state index contributed by atoms with van der Waals surface area (Å²) in [5, 5.41) is 12.3. The Balaban J connectivity index is 2.38. The zero-order valence-corrected chi connectivity index (χ0v) is 7.33. The second kappa shape index (κ2) is 3.15. The summed E-state index contributed by atoms with van der Waals surface area (Å²) in [5.41, 5.74) is 0.316. The number of nitriles is 1. The first-order valence-corrected chi connectivity index (χ1v) is 4.45. The van der Waals surface area contributed by atoms with Crippen molar-refractivity contribution in [2.24, 2.45) is 0 Å². The second-order valence-corrected chi connectivity index (χ2v) is 3.26. The van der Waals surface area contributed by atoms with Gasteiger partial charge in [0.2, 0.25) is 0 Å². The topological polar surface area (TPSA) is 48.7 Å². The highest BCUT2D eigenvalue weighted by Crippen LogP contribution is 2.28. The van der Waals surface area contributed by atoms with Crippen LogP contribution in [0.15, 0.2) is 24.4 Å². The van der Waals surface area contributed by atoms with E-state index in [1.54, 1.807) is 6.20 Å². The molecule has 66 valence electrons. The van der Waals surface area contributed by atoms with Crippen LogP contribution >= 0.6 is 0 Å². The van der Waals surface area contributed by atoms with E-state index in [-0.39, 0.29) is 0 Å². The van der Waals surface area contributed by atoms with Crippen molar-refractivity contribution in [3.8, 4) is 6.07 Å². The van der Waals surface area contributed by atoms with Gasteiger partial charge >= 0.3 is 0 Å². The van der Waals surface area contributed by atoms with Gasteiger partial charge in [-0.05, 0) is 31.5 Å². The maximum absolute atomic E-state index is 9.12. The van der Waals surface area contributed by atoms with Crippen molar-refractivity contribution in [2.45, 2.75) is 18.4 Å². The van der Waals surface area contributed by atoms with Crippen molar-refractivity contribution in [2.75, 3.05) is 6.54 Å². The van der Waals surface area contributed by atoms with E-state index in [1.165, 1.54) is 0 Å². The lowest BCUT2D eigenvalue weighted by Gasteiger charge is -2.19. The zero-order chi connectivity index (χ0) is 9.15. The van der Waals surface area contributed by atoms with E-state index in [9.17, 15) is 0 Å². The van der Waals surface area contributed by atoms with E-state index in [0.717, 1.165) is 25.1 Å². The molecule has 3 nitrogen and oxygen atoms in total. The molecule has 1 atom stereocenters. The number of nitrogens with zero attached hydrogens (tertiary/aromatic N) is 2. The first kappa shape index (κ1) is 8.21. The van der Waals surface area contributed by atoms with E-state index in [2.05, 4.69) is 16.4 Å². The van der Waals surface area contributed by atoms with Gasteiger partial charge in [0.15, 0.2) is 0 Å². The van der Waals surface area contributed by atoms with Crippen LogP contribution < -0.4 is 5.32 Å². The SMILES string of the molecule is N#CC1(c2ccccn2)CCCN1. The van der Waals surface area contributed by atoms with Crippen LogP contribution in [0.2, 0.25) is 0 Å². The molecule has 1 N–H and O–H groups in total. The quantitative estimate of drug-likeness (QED) is 0.693. The van der Waals surface area contributed by atoms with Gasteiger partial charge in [-0.25, -0.2) is 0 Å². The van der Waals surface area contributed by atoms with Gasteiger partial charge in [-0.3, -0.25) is 10.3 Å². The lowest BCUT2D eigenvalue weighted by molar-refractivity contribution is 0.494. The smallest absolute Gasteiger partial charge is 0.149 e. The molecule has 0 saturated carbocycles. The number of pyridine rings is 1. The minimum absolute atomic E-state index is 0.527. The molecule has 1 unspecified atom stereocenters. The Bertz CT molecular complexity index is 320. The maximum Gasteiger partial charge on any atom is 0.149 e. The van der Waals surface area contributed by atoms with Gasteiger partial charge in [-0.1, -0.05) is 6.07 Å². The van der Waals surface area contributed by atoms with E-state index < -0.39 is 5.54 Å². The zero-order valence-electron chi connectivity index (χ0n) is 7.33. The summed E-state index contributed by atoms with van der Waals surface area (Å²) in [6.07, 6.45) is 3.64. The second-order valence-electron chi connectivity index (χ2n) is 3.26. The lowest BCUT2D eigenvalue weighted by Crippen LogP contribution is -2.35. The van der Waals surface area contributed by atoms with Gasteiger partial charge in [0.1, 0.15) is 5.54 Å². The molecular formula is C10H11N3. The predicted molar refractivity (Wildman–Crippen MR) is 48.8 cm³/mol. The molecule has 1 aliphatic rings. The Morgan fingerprint density at radius 3 is 3.00 bits per heavy atom. The van der Waals surface area contributed by atoms with E-state index in [1.807, 2.05) is 18.2 Å². The summed E-state index contributed by atoms with van der Waals surface area (Å²) in [6.45, 7) is 0.907. The third-order valence-electron chi connectivity index (χ3n) is 2.45. The molecule has 0 radical (unpaired) electrons. The summed E-state index contributed by atoms with van der Waals surface area (Å²) in [4.78, 5) is 4.22. The molecule has 1 saturated heterocycles. The molecule has 1 aromatic rings. The van der Waals surface area contributed by atoms with Gasteiger partial charge in [-0.15, -0.1) is 0 Å². The Hall–Kier alpha value is -1.40. The minimum Gasteiger partial charge on any atom is -0.294 e. The third-order valence-corrected chi connectivity index (χ3v) is 2.45. The highest BCUT2D eigenvalue weighted by molar-refractivity contribution is 5.26. The third kappa shape index (κ3) is 1.30. The molecule has 0 aromatic carbocycles. The van der Waals surface area contributed by atoms with Crippen molar-refractivity contribution in [3.63, 3.8) is 0 Å². The standard InChI is InChI=1S/C10H11N3/c11-8-10(5-3-7-13-10)9-4-1-2-6-12-9/h1-2,4,6,13H,3,5,7H2. The summed E-state index contributed by atoms with van der Waals surface area (Å²) in [5.74, 6) is 0. The fraction of sp³-hybridized carbons (Fsp3) is 0.400. The van der Waals surface area contributed by atoms with Gasteiger partial charge in [0, 0.05) is 6.20 Å². The maximum atomic E-state index is 9.12. The number of nitrogens with one attached hydrogen (secondary N) is 1. The minimum atomic E-state index is -0.527. The molecule has 0 spiro atoms. The first-order valence-electron chi connectivity index (χ1n) is 4.45. The van der Waals surface area contributed by atoms with Crippen LogP contribution in [0.4, 0.5) is 0 Å². The van der Waals surface area contributed by atoms with Crippen LogP contribution in [-0.2, 0) is 5.54 Å². The molecule has 1 aromatic heterocycles. The normalized spacial score (nSPS) is 27.0. The van der Waals surface area contributed by atoms with Crippen LogP contribution in [-0.4, -0.2) is 11.5 Å². The Labute approximate surface area is 77.4 Å². The number of hydrogen-bond donors (Lipinski definition) is 1. The molecule has 1 fully saturated rings. The van der Waals surface area contributed by atoms with Gasteiger partial charge in [0.05, 0.1) is 11.8 Å². The summed E-state index contributed by atoms with van der Waals surface area (Å²) in [6, 6.07) is 8.01. The lowest BCUT2D eigenvalue weighted by atomic mass is 9.95. The van der Waals surface area contributed by atoms with Crippen LogP contribution in [0.3, 0.4) is 0 Å². The molecule has 0 aliphatic carbocycles. The van der Waals surface area contributed by atoms with Crippen LogP contribution in [0, 0.1) is 11.3 Å². The fourth-order valence-corrected chi connectivity index (χ4v) is 1.73. The van der Waals surface area contributed by atoms with Crippen molar-refractivity contribution < 1.29 is 0 Å². The van der Waals surface area contributed by atoms with Gasteiger partial charge in [0.25, 0.3) is 0 Å². The van der Waals surface area contributed by atoms with Gasteiger partial charge < -0.3 is 0 Å². The number of hydrogen-bond acceptors (Lipinski definition) is 3. The Kier molecular flexibility index (Phi) is 1.99. The van der Waals surface area contributed by atoms with Crippen molar-refractivity contribution >= 4 is 0 Å². The van der Waals surface area contributed by atoms with Crippen LogP contribution in [0.1, 0.15) is 18.5 Å². The van der Waals surface area contributed by atoms with E-state index in [0.29, 0.717) is 0 Å². The molecular weight excluding hydrogens is 162 g/mol. The van der Waals surface area contributed by atoms with Gasteiger partial charge in [-0.2, -0.15) is 5.26 Å². The van der Waals surface area contributed by atoms with Crippen LogP contribution in [0.25, 0.3) is 0 Å². The van der Waals surface area contributed by atoms with Crippen molar-refractivity contribution in [3.05, 3.63) is 30.1 Å². The summed E-state index contributed by atoms with van der Waals surface area (Å²) >= 11 is 0. The molecule has 1 aliphatic heterocycles. The van der Waals surface area contributed by atoms with E-state index >= 15 is 0 Å². The predicted octanol–water partition coefficient (Wildman–Crippen LogP) is 1.18. The van der Waals surface area contributed by atoms with Crippen molar-refractivity contribution in [1.82, 2.24) is 10.3 Å². The monoisotopic (exact) mass is 173 g/mol. The molecule has 0 amide bonds. The Morgan fingerprint density at radius 2 is 2.46 bits per heavy atom.